The van der Waals surface area contributed by atoms with Crippen molar-refractivity contribution in [3.05, 3.63) is 48.0 Å². The average Bonchev–Trinajstić information content (AvgIpc) is 2.75. The molecule has 1 heterocycles. The van der Waals surface area contributed by atoms with Gasteiger partial charge in [-0.3, -0.25) is 0 Å². The first-order valence-corrected chi connectivity index (χ1v) is 5.35. The molecule has 0 fully saturated rings. The highest BCUT2D eigenvalue weighted by atomic mass is 19.1. The molecule has 3 nitrogen and oxygen atoms in total. The van der Waals surface area contributed by atoms with E-state index in [0.717, 1.165) is 0 Å². The van der Waals surface area contributed by atoms with Crippen molar-refractivity contribution in [2.75, 3.05) is 5.73 Å². The summed E-state index contributed by atoms with van der Waals surface area (Å²) in [6, 6.07) is 8.70. The number of rotatable bonds is 1. The van der Waals surface area contributed by atoms with Crippen LogP contribution in [0.25, 0.3) is 22.4 Å². The van der Waals surface area contributed by atoms with E-state index in [1.807, 2.05) is 0 Å². The van der Waals surface area contributed by atoms with Crippen LogP contribution in [0, 0.1) is 11.6 Å². The minimum absolute atomic E-state index is 0.0250. The SMILES string of the molecule is Nc1c(F)cccc1-c1nc2ccc(F)cc2[nH]1. The second-order valence-corrected chi connectivity index (χ2v) is 3.95. The van der Waals surface area contributed by atoms with Crippen LogP contribution >= 0.6 is 0 Å². The molecule has 0 atom stereocenters. The molecule has 0 saturated heterocycles. The normalized spacial score (nSPS) is 11.0. The van der Waals surface area contributed by atoms with Gasteiger partial charge in [-0.1, -0.05) is 6.07 Å². The van der Waals surface area contributed by atoms with Gasteiger partial charge in [0, 0.05) is 5.56 Å². The van der Waals surface area contributed by atoms with Crippen LogP contribution in [0.3, 0.4) is 0 Å². The van der Waals surface area contributed by atoms with E-state index < -0.39 is 5.82 Å². The Bertz CT molecular complexity index is 734. The molecule has 3 aromatic rings. The van der Waals surface area contributed by atoms with Crippen LogP contribution < -0.4 is 5.73 Å². The topological polar surface area (TPSA) is 54.7 Å². The van der Waals surface area contributed by atoms with Crippen LogP contribution in [-0.4, -0.2) is 9.97 Å². The highest BCUT2D eigenvalue weighted by Crippen LogP contribution is 2.27. The van der Waals surface area contributed by atoms with Crippen LogP contribution in [0.1, 0.15) is 0 Å². The third-order valence-electron chi connectivity index (χ3n) is 2.75. The Morgan fingerprint density at radius 1 is 1.11 bits per heavy atom. The van der Waals surface area contributed by atoms with E-state index >= 15 is 0 Å². The van der Waals surface area contributed by atoms with Crippen molar-refractivity contribution >= 4 is 16.7 Å². The van der Waals surface area contributed by atoms with Gasteiger partial charge < -0.3 is 10.7 Å². The molecule has 90 valence electrons. The Balaban J connectivity index is 2.22. The minimum atomic E-state index is -0.501. The lowest BCUT2D eigenvalue weighted by Crippen LogP contribution is -1.94. The standard InChI is InChI=1S/C13H9F2N3/c14-7-4-5-10-11(6-7)18-13(17-10)8-2-1-3-9(15)12(8)16/h1-6H,16H2,(H,17,18). The predicted octanol–water partition coefficient (Wildman–Crippen LogP) is 3.09. The van der Waals surface area contributed by atoms with Gasteiger partial charge in [-0.15, -0.1) is 0 Å². The molecule has 3 N–H and O–H groups in total. The molecule has 1 aromatic heterocycles. The fourth-order valence-electron chi connectivity index (χ4n) is 1.85. The maximum atomic E-state index is 13.4. The zero-order valence-electron chi connectivity index (χ0n) is 9.24. The Labute approximate surface area is 101 Å². The summed E-state index contributed by atoms with van der Waals surface area (Å²) < 4.78 is 26.4. The van der Waals surface area contributed by atoms with Gasteiger partial charge in [0.1, 0.15) is 17.5 Å². The zero-order chi connectivity index (χ0) is 12.7. The second-order valence-electron chi connectivity index (χ2n) is 3.95. The maximum absolute atomic E-state index is 13.4. The molecule has 2 aromatic carbocycles. The number of imidazole rings is 1. The summed E-state index contributed by atoms with van der Waals surface area (Å²) in [4.78, 5) is 7.18. The van der Waals surface area contributed by atoms with Gasteiger partial charge in [0.25, 0.3) is 0 Å². The number of aromatic amines is 1. The summed E-state index contributed by atoms with van der Waals surface area (Å²) >= 11 is 0. The van der Waals surface area contributed by atoms with Gasteiger partial charge in [-0.2, -0.15) is 0 Å². The second kappa shape index (κ2) is 3.80. The Morgan fingerprint density at radius 3 is 2.78 bits per heavy atom. The van der Waals surface area contributed by atoms with E-state index in [2.05, 4.69) is 9.97 Å². The molecular formula is C13H9F2N3. The molecule has 5 heteroatoms. The number of H-pyrrole nitrogens is 1. The van der Waals surface area contributed by atoms with Crippen molar-refractivity contribution in [3.63, 3.8) is 0 Å². The summed E-state index contributed by atoms with van der Waals surface area (Å²) in [6.07, 6.45) is 0. The van der Waals surface area contributed by atoms with Crippen LogP contribution in [-0.2, 0) is 0 Å². The van der Waals surface area contributed by atoms with Gasteiger partial charge in [-0.25, -0.2) is 13.8 Å². The van der Waals surface area contributed by atoms with Gasteiger partial charge in [-0.05, 0) is 30.3 Å². The van der Waals surface area contributed by atoms with E-state index in [1.54, 1.807) is 18.2 Å². The molecule has 0 aliphatic carbocycles. The lowest BCUT2D eigenvalue weighted by molar-refractivity contribution is 0.629. The fourth-order valence-corrected chi connectivity index (χ4v) is 1.85. The Hall–Kier alpha value is -2.43. The van der Waals surface area contributed by atoms with Crippen molar-refractivity contribution in [1.82, 2.24) is 9.97 Å². The molecule has 3 rings (SSSR count). The van der Waals surface area contributed by atoms with Crippen molar-refractivity contribution in [2.24, 2.45) is 0 Å². The molecule has 0 radical (unpaired) electrons. The van der Waals surface area contributed by atoms with E-state index in [9.17, 15) is 8.78 Å². The summed E-state index contributed by atoms with van der Waals surface area (Å²) in [6.45, 7) is 0. The highest BCUT2D eigenvalue weighted by Gasteiger charge is 2.11. The number of fused-ring (bicyclic) bond motifs is 1. The van der Waals surface area contributed by atoms with E-state index in [0.29, 0.717) is 22.4 Å². The number of para-hydroxylation sites is 1. The van der Waals surface area contributed by atoms with Crippen molar-refractivity contribution in [2.45, 2.75) is 0 Å². The van der Waals surface area contributed by atoms with E-state index in [-0.39, 0.29) is 11.5 Å². The molecule has 0 amide bonds. The van der Waals surface area contributed by atoms with Crippen LogP contribution in [0.4, 0.5) is 14.5 Å². The molecule has 0 aliphatic rings. The van der Waals surface area contributed by atoms with E-state index in [4.69, 9.17) is 5.73 Å². The molecule has 0 saturated carbocycles. The fraction of sp³-hybridized carbons (Fsp3) is 0. The number of halogens is 2. The number of anilines is 1. The van der Waals surface area contributed by atoms with Crippen molar-refractivity contribution < 1.29 is 8.78 Å². The molecular weight excluding hydrogens is 236 g/mol. The molecule has 18 heavy (non-hydrogen) atoms. The van der Waals surface area contributed by atoms with Crippen molar-refractivity contribution in [3.8, 4) is 11.4 Å². The number of nitrogens with one attached hydrogen (secondary N) is 1. The summed E-state index contributed by atoms with van der Waals surface area (Å²) in [7, 11) is 0. The monoisotopic (exact) mass is 245 g/mol. The maximum Gasteiger partial charge on any atom is 0.146 e. The summed E-state index contributed by atoms with van der Waals surface area (Å²) in [5.74, 6) is -0.434. The van der Waals surface area contributed by atoms with E-state index in [1.165, 1.54) is 18.2 Å². The zero-order valence-corrected chi connectivity index (χ0v) is 9.24. The smallest absolute Gasteiger partial charge is 0.146 e. The lowest BCUT2D eigenvalue weighted by Gasteiger charge is -2.02. The highest BCUT2D eigenvalue weighted by molar-refractivity contribution is 5.82. The number of hydrogen-bond acceptors (Lipinski definition) is 2. The van der Waals surface area contributed by atoms with Crippen molar-refractivity contribution in [1.29, 1.82) is 0 Å². The third-order valence-corrected chi connectivity index (χ3v) is 2.75. The Kier molecular flexibility index (Phi) is 2.26. The summed E-state index contributed by atoms with van der Waals surface area (Å²) in [5.41, 5.74) is 7.30. The number of hydrogen-bond donors (Lipinski definition) is 2. The van der Waals surface area contributed by atoms with Gasteiger partial charge >= 0.3 is 0 Å². The van der Waals surface area contributed by atoms with Gasteiger partial charge in [0.05, 0.1) is 16.7 Å². The quantitative estimate of drug-likeness (QED) is 0.647. The number of nitrogens with two attached hydrogens (primary N) is 1. The number of nitrogen functional groups attached to an aromatic ring is 1. The molecule has 0 bridgehead atoms. The molecule has 0 aliphatic heterocycles. The minimum Gasteiger partial charge on any atom is -0.396 e. The van der Waals surface area contributed by atoms with Crippen LogP contribution in [0.15, 0.2) is 36.4 Å². The predicted molar refractivity (Wildman–Crippen MR) is 65.9 cm³/mol. The average molecular weight is 245 g/mol. The number of benzene rings is 2. The third kappa shape index (κ3) is 1.60. The van der Waals surface area contributed by atoms with Crippen LogP contribution in [0.5, 0.6) is 0 Å². The Morgan fingerprint density at radius 2 is 1.94 bits per heavy atom. The first kappa shape index (κ1) is 10.7. The number of nitrogens with zero attached hydrogens (tertiary/aromatic N) is 1. The number of aromatic nitrogens is 2. The first-order valence-electron chi connectivity index (χ1n) is 5.35. The largest absolute Gasteiger partial charge is 0.396 e. The summed E-state index contributed by atoms with van der Waals surface area (Å²) in [5, 5.41) is 0. The molecule has 0 spiro atoms. The first-order chi connectivity index (χ1) is 8.65. The van der Waals surface area contributed by atoms with Crippen LogP contribution in [0.2, 0.25) is 0 Å². The van der Waals surface area contributed by atoms with Gasteiger partial charge in [0.15, 0.2) is 0 Å². The molecule has 0 unspecified atom stereocenters. The van der Waals surface area contributed by atoms with Gasteiger partial charge in [0.2, 0.25) is 0 Å². The lowest BCUT2D eigenvalue weighted by atomic mass is 10.1.